The number of rotatable bonds is 4. The normalized spacial score (nSPS) is 19.7. The van der Waals surface area contributed by atoms with Crippen molar-refractivity contribution in [2.24, 2.45) is 13.0 Å². The number of aromatic nitrogens is 1. The van der Waals surface area contributed by atoms with Gasteiger partial charge in [-0.1, -0.05) is 18.2 Å². The van der Waals surface area contributed by atoms with Gasteiger partial charge in [0.2, 0.25) is 0 Å². The standard InChI is InChI=1S/C21H28BrN3O2/c1-23-18-5-3-2-4-17(18)19(22)20(23)21(26)25-10-7-16(8-11-25)6-9-24-12-14-27-15-13-24/h2-5,16H,6-15H2,1H3. The second kappa shape index (κ2) is 8.33. The molecule has 5 nitrogen and oxygen atoms in total. The molecule has 2 aliphatic heterocycles. The molecule has 0 saturated carbocycles. The summed E-state index contributed by atoms with van der Waals surface area (Å²) >= 11 is 3.67. The van der Waals surface area contributed by atoms with Gasteiger partial charge in [0.15, 0.2) is 0 Å². The minimum absolute atomic E-state index is 0.146. The molecule has 2 aliphatic rings. The number of aryl methyl sites for hydroxylation is 1. The van der Waals surface area contributed by atoms with Crippen LogP contribution >= 0.6 is 15.9 Å². The number of likely N-dealkylation sites (tertiary alicyclic amines) is 1. The number of fused-ring (bicyclic) bond motifs is 1. The summed E-state index contributed by atoms with van der Waals surface area (Å²) in [5, 5.41) is 1.10. The summed E-state index contributed by atoms with van der Waals surface area (Å²) < 4.78 is 8.36. The Morgan fingerprint density at radius 2 is 1.85 bits per heavy atom. The second-order valence-electron chi connectivity index (χ2n) is 7.72. The van der Waals surface area contributed by atoms with Crippen LogP contribution in [-0.4, -0.2) is 66.2 Å². The number of carbonyl (C=O) groups excluding carboxylic acids is 1. The van der Waals surface area contributed by atoms with E-state index in [0.29, 0.717) is 0 Å². The molecule has 6 heteroatoms. The summed E-state index contributed by atoms with van der Waals surface area (Å²) in [4.78, 5) is 17.7. The zero-order valence-corrected chi connectivity index (χ0v) is 17.6. The van der Waals surface area contributed by atoms with Crippen molar-refractivity contribution >= 4 is 32.7 Å². The summed E-state index contributed by atoms with van der Waals surface area (Å²) in [7, 11) is 1.98. The van der Waals surface area contributed by atoms with Crippen LogP contribution in [0.2, 0.25) is 0 Å². The number of para-hydroxylation sites is 1. The lowest BCUT2D eigenvalue weighted by atomic mass is 9.93. The van der Waals surface area contributed by atoms with E-state index >= 15 is 0 Å². The predicted octanol–water partition coefficient (Wildman–Crippen LogP) is 3.52. The average Bonchev–Trinajstić information content (AvgIpc) is 2.98. The maximum atomic E-state index is 13.2. The molecule has 1 aromatic heterocycles. The minimum Gasteiger partial charge on any atom is -0.379 e. The average molecular weight is 434 g/mol. The van der Waals surface area contributed by atoms with Gasteiger partial charge in [-0.3, -0.25) is 9.69 Å². The van der Waals surface area contributed by atoms with E-state index in [4.69, 9.17) is 4.74 Å². The molecular formula is C21H28BrN3O2. The predicted molar refractivity (Wildman–Crippen MR) is 111 cm³/mol. The first-order valence-corrected chi connectivity index (χ1v) is 10.8. The van der Waals surface area contributed by atoms with Gasteiger partial charge in [-0.05, 0) is 53.7 Å². The maximum absolute atomic E-state index is 13.2. The Kier molecular flexibility index (Phi) is 5.85. The third-order valence-corrected chi connectivity index (χ3v) is 6.91. The summed E-state index contributed by atoms with van der Waals surface area (Å²) in [6.45, 7) is 6.75. The third kappa shape index (κ3) is 3.93. The first-order valence-electron chi connectivity index (χ1n) is 9.97. The third-order valence-electron chi connectivity index (χ3n) is 6.11. The largest absolute Gasteiger partial charge is 0.379 e. The maximum Gasteiger partial charge on any atom is 0.271 e. The zero-order chi connectivity index (χ0) is 18.8. The topological polar surface area (TPSA) is 37.7 Å². The molecule has 1 aromatic carbocycles. The van der Waals surface area contributed by atoms with Crippen molar-refractivity contribution in [2.45, 2.75) is 19.3 Å². The molecule has 146 valence electrons. The molecule has 3 heterocycles. The Bertz CT molecular complexity index is 766. The summed E-state index contributed by atoms with van der Waals surface area (Å²) in [5.74, 6) is 0.875. The van der Waals surface area contributed by atoms with Crippen LogP contribution in [0, 0.1) is 5.92 Å². The van der Waals surface area contributed by atoms with E-state index < -0.39 is 0 Å². The van der Waals surface area contributed by atoms with Crippen molar-refractivity contribution in [1.82, 2.24) is 14.4 Å². The van der Waals surface area contributed by atoms with Crippen LogP contribution in [0.3, 0.4) is 0 Å². The van der Waals surface area contributed by atoms with E-state index in [1.54, 1.807) is 0 Å². The molecule has 0 spiro atoms. The molecular weight excluding hydrogens is 406 g/mol. The summed E-state index contributed by atoms with van der Waals surface area (Å²) in [6, 6.07) is 8.16. The van der Waals surface area contributed by atoms with E-state index in [2.05, 4.69) is 33.0 Å². The van der Waals surface area contributed by atoms with Crippen molar-refractivity contribution in [3.8, 4) is 0 Å². The number of morpholine rings is 1. The smallest absolute Gasteiger partial charge is 0.271 e. The number of carbonyl (C=O) groups is 1. The number of ether oxygens (including phenoxy) is 1. The van der Waals surface area contributed by atoms with Gasteiger partial charge in [-0.15, -0.1) is 0 Å². The Hall–Kier alpha value is -1.37. The van der Waals surface area contributed by atoms with Crippen LogP contribution < -0.4 is 0 Å². The highest BCUT2D eigenvalue weighted by molar-refractivity contribution is 9.10. The van der Waals surface area contributed by atoms with Crippen LogP contribution in [0.25, 0.3) is 10.9 Å². The number of halogens is 1. The van der Waals surface area contributed by atoms with Gasteiger partial charge in [-0.25, -0.2) is 0 Å². The fourth-order valence-corrected chi connectivity index (χ4v) is 5.12. The monoisotopic (exact) mass is 433 g/mol. The molecule has 0 aliphatic carbocycles. The fraction of sp³-hybridized carbons (Fsp3) is 0.571. The zero-order valence-electron chi connectivity index (χ0n) is 16.0. The molecule has 0 unspecified atom stereocenters. The second-order valence-corrected chi connectivity index (χ2v) is 8.51. The van der Waals surface area contributed by atoms with Gasteiger partial charge < -0.3 is 14.2 Å². The van der Waals surface area contributed by atoms with Crippen molar-refractivity contribution < 1.29 is 9.53 Å². The lowest BCUT2D eigenvalue weighted by Gasteiger charge is -2.34. The molecule has 27 heavy (non-hydrogen) atoms. The van der Waals surface area contributed by atoms with Gasteiger partial charge in [0.05, 0.1) is 17.7 Å². The molecule has 0 radical (unpaired) electrons. The van der Waals surface area contributed by atoms with E-state index in [9.17, 15) is 4.79 Å². The number of hydrogen-bond donors (Lipinski definition) is 0. The van der Waals surface area contributed by atoms with Gasteiger partial charge in [-0.2, -0.15) is 0 Å². The van der Waals surface area contributed by atoms with Crippen LogP contribution in [0.5, 0.6) is 0 Å². The fourth-order valence-electron chi connectivity index (χ4n) is 4.35. The molecule has 4 rings (SSSR count). The van der Waals surface area contributed by atoms with Crippen LogP contribution in [0.4, 0.5) is 0 Å². The lowest BCUT2D eigenvalue weighted by molar-refractivity contribution is 0.0331. The van der Waals surface area contributed by atoms with Crippen LogP contribution in [0.1, 0.15) is 29.8 Å². The van der Waals surface area contributed by atoms with Gasteiger partial charge in [0, 0.05) is 44.1 Å². The van der Waals surface area contributed by atoms with E-state index in [1.165, 1.54) is 6.42 Å². The summed E-state index contributed by atoms with van der Waals surface area (Å²) in [5.41, 5.74) is 1.86. The van der Waals surface area contributed by atoms with Gasteiger partial charge in [0.25, 0.3) is 5.91 Å². The molecule has 0 atom stereocenters. The lowest BCUT2D eigenvalue weighted by Crippen LogP contribution is -2.41. The van der Waals surface area contributed by atoms with Gasteiger partial charge in [0.1, 0.15) is 5.69 Å². The first-order chi connectivity index (χ1) is 13.1. The molecule has 0 bridgehead atoms. The number of piperidine rings is 1. The summed E-state index contributed by atoms with van der Waals surface area (Å²) in [6.07, 6.45) is 3.45. The van der Waals surface area contributed by atoms with Crippen molar-refractivity contribution in [3.05, 3.63) is 34.4 Å². The first kappa shape index (κ1) is 19.0. The number of benzene rings is 1. The Morgan fingerprint density at radius 1 is 1.15 bits per heavy atom. The van der Waals surface area contributed by atoms with E-state index in [-0.39, 0.29) is 5.91 Å². The van der Waals surface area contributed by atoms with E-state index in [0.717, 1.165) is 85.8 Å². The van der Waals surface area contributed by atoms with Gasteiger partial charge >= 0.3 is 0 Å². The SMILES string of the molecule is Cn1c(C(=O)N2CCC(CCN3CCOCC3)CC2)c(Br)c2ccccc21. The van der Waals surface area contributed by atoms with Crippen LogP contribution in [-0.2, 0) is 11.8 Å². The van der Waals surface area contributed by atoms with Crippen molar-refractivity contribution in [1.29, 1.82) is 0 Å². The van der Waals surface area contributed by atoms with Crippen LogP contribution in [0.15, 0.2) is 28.7 Å². The molecule has 2 saturated heterocycles. The van der Waals surface area contributed by atoms with Crippen molar-refractivity contribution in [2.75, 3.05) is 45.9 Å². The van der Waals surface area contributed by atoms with E-state index in [1.807, 2.05) is 28.6 Å². The Labute approximate surface area is 169 Å². The Balaban J connectivity index is 1.36. The molecule has 2 aromatic rings. The highest BCUT2D eigenvalue weighted by Crippen LogP contribution is 2.32. The number of hydrogen-bond acceptors (Lipinski definition) is 3. The molecule has 0 N–H and O–H groups in total. The highest BCUT2D eigenvalue weighted by atomic mass is 79.9. The number of amides is 1. The van der Waals surface area contributed by atoms with Crippen molar-refractivity contribution in [3.63, 3.8) is 0 Å². The molecule has 2 fully saturated rings. The number of nitrogens with zero attached hydrogens (tertiary/aromatic N) is 3. The Morgan fingerprint density at radius 3 is 2.56 bits per heavy atom. The minimum atomic E-state index is 0.146. The molecule has 1 amide bonds. The highest BCUT2D eigenvalue weighted by Gasteiger charge is 2.28. The quantitative estimate of drug-likeness (QED) is 0.739.